The summed E-state index contributed by atoms with van der Waals surface area (Å²) in [4.78, 5) is 30.2. The second kappa shape index (κ2) is 12.6. The highest BCUT2D eigenvalue weighted by Gasteiger charge is 2.23. The lowest BCUT2D eigenvalue weighted by Gasteiger charge is -2.21. The topological polar surface area (TPSA) is 129 Å². The first-order valence-electron chi connectivity index (χ1n) is 12.2. The molecular weight excluding hydrogens is 470 g/mol. The van der Waals surface area contributed by atoms with Gasteiger partial charge in [0.15, 0.2) is 0 Å². The smallest absolute Gasteiger partial charge is 0.254 e. The molecule has 1 aliphatic heterocycles. The highest BCUT2D eigenvalue weighted by Crippen LogP contribution is 2.37. The standard InChI is InChI=1S/C24H29N9O2.C2H6/c1-6-33-13-27-23(32-33)16-8-7-9-18(22(16)35-5)30-19-11-20(26-12-17(19)24(34)25-4)31-21-10-14(2)28-15(3)29-21;1-2/h7-13,23,32H,6H2,1-5H3,(H,25,34)(H2,26,28,29,30,31);1-2H3. The van der Waals surface area contributed by atoms with Gasteiger partial charge in [-0.2, -0.15) is 0 Å². The van der Waals surface area contributed by atoms with Crippen LogP contribution in [0, 0.1) is 13.8 Å². The van der Waals surface area contributed by atoms with Crippen molar-refractivity contribution < 1.29 is 9.53 Å². The molecule has 4 N–H and O–H groups in total. The summed E-state index contributed by atoms with van der Waals surface area (Å²) in [5, 5.41) is 11.1. The zero-order valence-corrected chi connectivity index (χ0v) is 22.4. The summed E-state index contributed by atoms with van der Waals surface area (Å²) in [6.07, 6.45) is 3.01. The minimum atomic E-state index is -0.274. The first-order valence-corrected chi connectivity index (χ1v) is 12.2. The predicted octanol–water partition coefficient (Wildman–Crippen LogP) is 4.24. The van der Waals surface area contributed by atoms with Crippen LogP contribution in [0.15, 0.2) is 41.5 Å². The van der Waals surface area contributed by atoms with Crippen molar-refractivity contribution >= 4 is 35.3 Å². The van der Waals surface area contributed by atoms with E-state index in [4.69, 9.17) is 4.74 Å². The van der Waals surface area contributed by atoms with Crippen LogP contribution >= 0.6 is 0 Å². The molecule has 11 heteroatoms. The molecule has 2 aromatic heterocycles. The van der Waals surface area contributed by atoms with Crippen LogP contribution < -0.4 is 26.1 Å². The molecule has 1 aromatic carbocycles. The third-order valence-electron chi connectivity index (χ3n) is 5.40. The normalized spacial score (nSPS) is 14.0. The van der Waals surface area contributed by atoms with E-state index in [2.05, 4.69) is 41.3 Å². The zero-order valence-electron chi connectivity index (χ0n) is 22.4. The number of aliphatic imine (C=N–C) groups is 1. The van der Waals surface area contributed by atoms with Gasteiger partial charge in [-0.05, 0) is 26.8 Å². The predicted molar refractivity (Wildman–Crippen MR) is 147 cm³/mol. The van der Waals surface area contributed by atoms with Crippen molar-refractivity contribution in [1.82, 2.24) is 30.7 Å². The maximum absolute atomic E-state index is 12.6. The Morgan fingerprint density at radius 1 is 1.11 bits per heavy atom. The van der Waals surface area contributed by atoms with Crippen molar-refractivity contribution in [3.63, 3.8) is 0 Å². The van der Waals surface area contributed by atoms with Crippen molar-refractivity contribution in [2.75, 3.05) is 31.3 Å². The molecular formula is C26H35N9O2. The van der Waals surface area contributed by atoms with Gasteiger partial charge in [-0.3, -0.25) is 9.80 Å². The number of aromatic nitrogens is 3. The van der Waals surface area contributed by atoms with Gasteiger partial charge >= 0.3 is 0 Å². The zero-order chi connectivity index (χ0) is 26.9. The van der Waals surface area contributed by atoms with Crippen molar-refractivity contribution in [1.29, 1.82) is 0 Å². The lowest BCUT2D eigenvalue weighted by atomic mass is 10.1. The number of hydrogen-bond donors (Lipinski definition) is 4. The maximum atomic E-state index is 12.6. The Balaban J connectivity index is 0.00000186. The number of rotatable bonds is 8. The van der Waals surface area contributed by atoms with E-state index in [-0.39, 0.29) is 12.1 Å². The average molecular weight is 506 g/mol. The van der Waals surface area contributed by atoms with Gasteiger partial charge in [0, 0.05) is 43.2 Å². The Morgan fingerprint density at radius 2 is 1.89 bits per heavy atom. The van der Waals surface area contributed by atoms with E-state index in [0.29, 0.717) is 40.1 Å². The number of anilines is 4. The first kappa shape index (κ1) is 27.3. The molecule has 1 amide bonds. The summed E-state index contributed by atoms with van der Waals surface area (Å²) in [6.45, 7) is 10.6. The van der Waals surface area contributed by atoms with Crippen LogP contribution in [0.1, 0.15) is 54.4 Å². The Kier molecular flexibility index (Phi) is 9.33. The number of pyridine rings is 1. The maximum Gasteiger partial charge on any atom is 0.254 e. The molecule has 37 heavy (non-hydrogen) atoms. The molecule has 0 saturated carbocycles. The Bertz CT molecular complexity index is 1240. The van der Waals surface area contributed by atoms with Crippen molar-refractivity contribution in [3.8, 4) is 5.75 Å². The van der Waals surface area contributed by atoms with Crippen molar-refractivity contribution in [2.24, 2.45) is 4.99 Å². The number of carbonyl (C=O) groups excluding carboxylic acids is 1. The van der Waals surface area contributed by atoms with Crippen molar-refractivity contribution in [2.45, 2.75) is 40.8 Å². The summed E-state index contributed by atoms with van der Waals surface area (Å²) in [7, 11) is 3.19. The van der Waals surface area contributed by atoms with Crippen LogP contribution in [0.3, 0.4) is 0 Å². The van der Waals surface area contributed by atoms with Gasteiger partial charge in [0.1, 0.15) is 35.7 Å². The highest BCUT2D eigenvalue weighted by atomic mass is 16.5. The van der Waals surface area contributed by atoms with Gasteiger partial charge in [-0.25, -0.2) is 25.4 Å². The molecule has 1 atom stereocenters. The molecule has 1 unspecified atom stereocenters. The minimum Gasteiger partial charge on any atom is -0.494 e. The molecule has 0 saturated heterocycles. The van der Waals surface area contributed by atoms with Gasteiger partial charge in [-0.1, -0.05) is 26.0 Å². The number of nitrogens with zero attached hydrogens (tertiary/aromatic N) is 5. The second-order valence-electron chi connectivity index (χ2n) is 7.90. The van der Waals surface area contributed by atoms with E-state index < -0.39 is 0 Å². The van der Waals surface area contributed by atoms with Crippen LogP contribution in [0.4, 0.5) is 23.0 Å². The second-order valence-corrected chi connectivity index (χ2v) is 7.90. The number of carbonyl (C=O) groups is 1. The number of methoxy groups -OCH3 is 1. The van der Waals surface area contributed by atoms with Crippen LogP contribution in [-0.2, 0) is 0 Å². The number of para-hydroxylation sites is 1. The number of ether oxygens (including phenoxy) is 1. The molecule has 196 valence electrons. The summed E-state index contributed by atoms with van der Waals surface area (Å²) >= 11 is 0. The fraction of sp³-hybridized carbons (Fsp3) is 0.346. The number of aryl methyl sites for hydroxylation is 2. The third kappa shape index (κ3) is 6.50. The van der Waals surface area contributed by atoms with Crippen LogP contribution in [0.25, 0.3) is 0 Å². The van der Waals surface area contributed by atoms with Gasteiger partial charge < -0.3 is 20.7 Å². The van der Waals surface area contributed by atoms with E-state index in [1.807, 2.05) is 63.9 Å². The number of amides is 1. The van der Waals surface area contributed by atoms with Crippen LogP contribution in [0.5, 0.6) is 5.75 Å². The molecule has 1 aliphatic rings. The van der Waals surface area contributed by atoms with Gasteiger partial charge in [0.25, 0.3) is 5.91 Å². The van der Waals surface area contributed by atoms with E-state index in [1.54, 1.807) is 26.6 Å². The monoisotopic (exact) mass is 505 g/mol. The Morgan fingerprint density at radius 3 is 2.54 bits per heavy atom. The molecule has 3 heterocycles. The number of benzene rings is 1. The van der Waals surface area contributed by atoms with Gasteiger partial charge in [0.05, 0.1) is 24.0 Å². The van der Waals surface area contributed by atoms with Gasteiger partial charge in [0.2, 0.25) is 0 Å². The minimum absolute atomic E-state index is 0.268. The van der Waals surface area contributed by atoms with Crippen LogP contribution in [-0.4, -0.2) is 52.9 Å². The first-order chi connectivity index (χ1) is 17.9. The van der Waals surface area contributed by atoms with E-state index in [9.17, 15) is 4.79 Å². The molecule has 11 nitrogen and oxygen atoms in total. The summed E-state index contributed by atoms with van der Waals surface area (Å²) < 4.78 is 5.77. The summed E-state index contributed by atoms with van der Waals surface area (Å²) in [6, 6.07) is 9.34. The Labute approximate surface area is 217 Å². The number of hydrogen-bond acceptors (Lipinski definition) is 10. The molecule has 0 aliphatic carbocycles. The number of hydrazine groups is 1. The fourth-order valence-corrected chi connectivity index (χ4v) is 3.79. The molecule has 0 fully saturated rings. The molecule has 0 bridgehead atoms. The van der Waals surface area contributed by atoms with E-state index in [0.717, 1.165) is 17.8 Å². The molecule has 4 rings (SSSR count). The Hall–Kier alpha value is -4.25. The fourth-order valence-electron chi connectivity index (χ4n) is 3.79. The van der Waals surface area contributed by atoms with E-state index in [1.165, 1.54) is 6.20 Å². The third-order valence-corrected chi connectivity index (χ3v) is 5.40. The largest absolute Gasteiger partial charge is 0.494 e. The number of nitrogens with one attached hydrogen (secondary N) is 4. The van der Waals surface area contributed by atoms with Crippen LogP contribution in [0.2, 0.25) is 0 Å². The SMILES string of the molecule is CC.CCN1C=NC(c2cccc(Nc3cc(Nc4cc(C)nc(C)n4)ncc3C(=O)NC)c2OC)N1. The molecule has 0 radical (unpaired) electrons. The molecule has 3 aromatic rings. The van der Waals surface area contributed by atoms with Crippen molar-refractivity contribution in [3.05, 3.63) is 59.2 Å². The molecule has 0 spiro atoms. The summed E-state index contributed by atoms with van der Waals surface area (Å²) in [5.41, 5.74) is 6.65. The van der Waals surface area contributed by atoms with E-state index >= 15 is 0 Å². The lowest BCUT2D eigenvalue weighted by Crippen LogP contribution is -2.32. The average Bonchev–Trinajstić information content (AvgIpc) is 3.38. The summed E-state index contributed by atoms with van der Waals surface area (Å²) in [5.74, 6) is 2.14. The van der Waals surface area contributed by atoms with Gasteiger partial charge in [-0.15, -0.1) is 0 Å². The highest BCUT2D eigenvalue weighted by molar-refractivity contribution is 6.00. The quantitative estimate of drug-likeness (QED) is 0.355. The lowest BCUT2D eigenvalue weighted by molar-refractivity contribution is 0.0963.